The van der Waals surface area contributed by atoms with Crippen LogP contribution in [0.2, 0.25) is 0 Å². The quantitative estimate of drug-likeness (QED) is 0.556. The maximum Gasteiger partial charge on any atom is 0.433 e. The lowest BCUT2D eigenvalue weighted by Gasteiger charge is -2.01. The van der Waals surface area contributed by atoms with Crippen LogP contribution < -0.4 is 5.73 Å². The molecule has 0 unspecified atom stereocenters. The lowest BCUT2D eigenvalue weighted by atomic mass is 10.1. The van der Waals surface area contributed by atoms with Gasteiger partial charge in [-0.3, -0.25) is 20.2 Å². The average Bonchev–Trinajstić information content (AvgIpc) is 3.06. The number of nitrogen functional groups attached to an aromatic ring is 1. The number of aromatic nitrogens is 3. The molecule has 3 aromatic rings. The number of furan rings is 1. The van der Waals surface area contributed by atoms with Crippen LogP contribution in [0.5, 0.6) is 0 Å². The van der Waals surface area contributed by atoms with Crippen LogP contribution in [0.25, 0.3) is 22.6 Å². The molecule has 3 rings (SSSR count). The van der Waals surface area contributed by atoms with E-state index in [4.69, 9.17) is 10.2 Å². The zero-order valence-corrected chi connectivity index (χ0v) is 10.1. The smallest absolute Gasteiger partial charge is 0.399 e. The Morgan fingerprint density at radius 3 is 2.85 bits per heavy atom. The van der Waals surface area contributed by atoms with Gasteiger partial charge in [-0.05, 0) is 12.1 Å². The van der Waals surface area contributed by atoms with E-state index in [1.54, 1.807) is 18.5 Å². The maximum atomic E-state index is 10.7. The Bertz CT molecular complexity index is 763. The molecule has 0 radical (unpaired) electrons. The second kappa shape index (κ2) is 4.50. The number of pyridine rings is 1. The molecular formula is C12H9N5O3. The molecular weight excluding hydrogens is 262 g/mol. The topological polar surface area (TPSA) is 124 Å². The van der Waals surface area contributed by atoms with Crippen LogP contribution in [-0.2, 0) is 0 Å². The van der Waals surface area contributed by atoms with E-state index in [1.165, 1.54) is 12.1 Å². The summed E-state index contributed by atoms with van der Waals surface area (Å²) >= 11 is 0. The highest BCUT2D eigenvalue weighted by molar-refractivity contribution is 5.86. The van der Waals surface area contributed by atoms with Crippen LogP contribution in [-0.4, -0.2) is 20.1 Å². The van der Waals surface area contributed by atoms with Gasteiger partial charge in [0.15, 0.2) is 11.6 Å². The summed E-state index contributed by atoms with van der Waals surface area (Å²) in [4.78, 5) is 14.1. The molecule has 0 spiro atoms. The van der Waals surface area contributed by atoms with Crippen molar-refractivity contribution in [2.45, 2.75) is 0 Å². The maximum absolute atomic E-state index is 10.7. The van der Waals surface area contributed by atoms with Gasteiger partial charge in [0.05, 0.1) is 11.6 Å². The van der Waals surface area contributed by atoms with E-state index in [9.17, 15) is 10.1 Å². The molecule has 0 aliphatic rings. The summed E-state index contributed by atoms with van der Waals surface area (Å²) in [6, 6.07) is 6.34. The Morgan fingerprint density at radius 2 is 2.20 bits per heavy atom. The molecule has 0 fully saturated rings. The molecule has 0 aliphatic carbocycles. The summed E-state index contributed by atoms with van der Waals surface area (Å²) < 4.78 is 5.16. The predicted octanol–water partition coefficient (Wildman–Crippen LogP) is 2.22. The molecule has 3 aromatic heterocycles. The van der Waals surface area contributed by atoms with E-state index < -0.39 is 4.92 Å². The predicted molar refractivity (Wildman–Crippen MR) is 70.6 cm³/mol. The summed E-state index contributed by atoms with van der Waals surface area (Å²) in [6.45, 7) is 0. The Labute approximate surface area is 112 Å². The lowest BCUT2D eigenvalue weighted by Crippen LogP contribution is -1.89. The molecule has 8 nitrogen and oxygen atoms in total. The summed E-state index contributed by atoms with van der Waals surface area (Å²) in [5.74, 6) is 0.220. The minimum Gasteiger partial charge on any atom is -0.399 e. The number of H-pyrrole nitrogens is 1. The fourth-order valence-electron chi connectivity index (χ4n) is 1.90. The van der Waals surface area contributed by atoms with Crippen LogP contribution in [0.4, 0.5) is 11.7 Å². The Balaban J connectivity index is 2.13. The van der Waals surface area contributed by atoms with E-state index in [0.717, 1.165) is 5.56 Å². The number of hydrogen-bond acceptors (Lipinski definition) is 6. The van der Waals surface area contributed by atoms with Gasteiger partial charge in [0.25, 0.3) is 0 Å². The minimum absolute atomic E-state index is 0.270. The number of nitrogens with one attached hydrogen (secondary N) is 1. The number of nitrogens with zero attached hydrogens (tertiary/aromatic N) is 3. The molecule has 100 valence electrons. The Kier molecular flexibility index (Phi) is 2.68. The van der Waals surface area contributed by atoms with E-state index >= 15 is 0 Å². The summed E-state index contributed by atoms with van der Waals surface area (Å²) in [5, 5.41) is 17.3. The zero-order valence-electron chi connectivity index (χ0n) is 10.1. The number of hydrogen-bond donors (Lipinski definition) is 2. The highest BCUT2D eigenvalue weighted by atomic mass is 16.6. The van der Waals surface area contributed by atoms with Gasteiger partial charge in [0.2, 0.25) is 0 Å². The molecule has 3 N–H and O–H groups in total. The molecule has 3 heterocycles. The molecule has 0 bridgehead atoms. The van der Waals surface area contributed by atoms with Gasteiger partial charge in [-0.15, -0.1) is 0 Å². The standard InChI is InChI=1S/C12H9N5O3/c13-12-10(7-2-1-5-14-6-7)11(15-16-12)8-3-4-9(20-8)17(18)19/h1-6H,(H3,13,15,16). The van der Waals surface area contributed by atoms with Gasteiger partial charge in [-0.2, -0.15) is 5.10 Å². The second-order valence-corrected chi connectivity index (χ2v) is 4.00. The van der Waals surface area contributed by atoms with E-state index in [1.807, 2.05) is 6.07 Å². The van der Waals surface area contributed by atoms with Crippen molar-refractivity contribution in [1.82, 2.24) is 15.2 Å². The molecule has 20 heavy (non-hydrogen) atoms. The van der Waals surface area contributed by atoms with Crippen molar-refractivity contribution in [3.63, 3.8) is 0 Å². The highest BCUT2D eigenvalue weighted by Crippen LogP contribution is 2.35. The third-order valence-corrected chi connectivity index (χ3v) is 2.76. The number of rotatable bonds is 3. The highest BCUT2D eigenvalue weighted by Gasteiger charge is 2.20. The Morgan fingerprint density at radius 1 is 1.35 bits per heavy atom. The normalized spacial score (nSPS) is 10.6. The van der Waals surface area contributed by atoms with Crippen LogP contribution in [0.15, 0.2) is 41.1 Å². The van der Waals surface area contributed by atoms with Crippen molar-refractivity contribution in [3.8, 4) is 22.6 Å². The van der Waals surface area contributed by atoms with Gasteiger partial charge >= 0.3 is 5.88 Å². The first-order valence-corrected chi connectivity index (χ1v) is 5.65. The second-order valence-electron chi connectivity index (χ2n) is 4.00. The van der Waals surface area contributed by atoms with Crippen molar-refractivity contribution in [1.29, 1.82) is 0 Å². The largest absolute Gasteiger partial charge is 0.433 e. The van der Waals surface area contributed by atoms with Gasteiger partial charge in [0, 0.05) is 18.0 Å². The monoisotopic (exact) mass is 271 g/mol. The summed E-state index contributed by atoms with van der Waals surface area (Å²) in [5.41, 5.74) is 7.65. The van der Waals surface area contributed by atoms with Gasteiger partial charge in [-0.25, -0.2) is 0 Å². The molecule has 0 amide bonds. The first-order chi connectivity index (χ1) is 9.66. The summed E-state index contributed by atoms with van der Waals surface area (Å²) in [6.07, 6.45) is 3.26. The molecule has 0 saturated carbocycles. The minimum atomic E-state index is -0.604. The van der Waals surface area contributed by atoms with Gasteiger partial charge in [0.1, 0.15) is 10.6 Å². The van der Waals surface area contributed by atoms with E-state index in [2.05, 4.69) is 15.2 Å². The number of anilines is 1. The molecule has 8 heteroatoms. The summed E-state index contributed by atoms with van der Waals surface area (Å²) in [7, 11) is 0. The van der Waals surface area contributed by atoms with Crippen molar-refractivity contribution in [2.75, 3.05) is 5.73 Å². The third-order valence-electron chi connectivity index (χ3n) is 2.76. The third kappa shape index (κ3) is 1.88. The van der Waals surface area contributed by atoms with Crippen molar-refractivity contribution in [2.24, 2.45) is 0 Å². The van der Waals surface area contributed by atoms with Crippen LogP contribution in [0.3, 0.4) is 0 Å². The van der Waals surface area contributed by atoms with Gasteiger partial charge < -0.3 is 10.2 Å². The van der Waals surface area contributed by atoms with Crippen molar-refractivity contribution in [3.05, 3.63) is 46.8 Å². The fraction of sp³-hybridized carbons (Fsp3) is 0. The fourth-order valence-corrected chi connectivity index (χ4v) is 1.90. The van der Waals surface area contributed by atoms with Crippen LogP contribution in [0.1, 0.15) is 0 Å². The average molecular weight is 271 g/mol. The SMILES string of the molecule is Nc1n[nH]c(-c2ccc([N+](=O)[O-])o2)c1-c1cccnc1. The lowest BCUT2D eigenvalue weighted by molar-refractivity contribution is -0.401. The first kappa shape index (κ1) is 11.9. The van der Waals surface area contributed by atoms with Crippen molar-refractivity contribution < 1.29 is 9.34 Å². The molecule has 0 atom stereocenters. The molecule has 0 aliphatic heterocycles. The van der Waals surface area contributed by atoms with Gasteiger partial charge in [-0.1, -0.05) is 6.07 Å². The van der Waals surface area contributed by atoms with E-state index in [0.29, 0.717) is 17.0 Å². The molecule has 0 aromatic carbocycles. The van der Waals surface area contributed by atoms with Crippen molar-refractivity contribution >= 4 is 11.7 Å². The molecule has 0 saturated heterocycles. The number of nitrogens with two attached hydrogens (primary N) is 1. The number of aromatic amines is 1. The van der Waals surface area contributed by atoms with E-state index in [-0.39, 0.29) is 11.7 Å². The van der Waals surface area contributed by atoms with Crippen LogP contribution in [0, 0.1) is 10.1 Å². The Hall–Kier alpha value is -3.16. The first-order valence-electron chi connectivity index (χ1n) is 5.65. The number of nitro groups is 1. The zero-order chi connectivity index (χ0) is 14.1. The van der Waals surface area contributed by atoms with Crippen LogP contribution >= 0.6 is 0 Å².